The number of aliphatic hydroxyl groups is 1. The van der Waals surface area contributed by atoms with Crippen LogP contribution in [0.15, 0.2) is 0 Å². The van der Waals surface area contributed by atoms with Gasteiger partial charge < -0.3 is 19.5 Å². The maximum atomic E-state index is 12.1. The number of unbranched alkanes of at least 4 members (excludes halogenated alkanes) is 19. The fourth-order valence-corrected chi connectivity index (χ4v) is 5.62. The van der Waals surface area contributed by atoms with Crippen LogP contribution in [0.1, 0.15) is 188 Å². The van der Waals surface area contributed by atoms with E-state index in [4.69, 9.17) is 9.47 Å². The summed E-state index contributed by atoms with van der Waals surface area (Å²) in [4.78, 5) is 26.4. The summed E-state index contributed by atoms with van der Waals surface area (Å²) in [6.45, 7) is 9.95. The monoisotopic (exact) mass is 612 g/mol. The molecular weight excluding hydrogens is 538 g/mol. The number of esters is 2. The predicted molar refractivity (Wildman–Crippen MR) is 181 cm³/mol. The second-order valence-corrected chi connectivity index (χ2v) is 12.8. The first kappa shape index (κ1) is 41.9. The van der Waals surface area contributed by atoms with Crippen LogP contribution in [-0.2, 0) is 19.1 Å². The highest BCUT2D eigenvalue weighted by Crippen LogP contribution is 2.13. The van der Waals surface area contributed by atoms with E-state index in [0.29, 0.717) is 26.0 Å². The van der Waals surface area contributed by atoms with Gasteiger partial charge in [0.25, 0.3) is 0 Å². The largest absolute Gasteiger partial charge is 0.466 e. The zero-order valence-electron chi connectivity index (χ0n) is 29.0. The van der Waals surface area contributed by atoms with E-state index in [1.807, 2.05) is 6.92 Å². The highest BCUT2D eigenvalue weighted by atomic mass is 16.5. The Kier molecular flexibility index (Phi) is 32.9. The lowest BCUT2D eigenvalue weighted by Gasteiger charge is -2.21. The number of ether oxygens (including phenoxy) is 2. The Hall–Kier alpha value is -1.14. The third-order valence-electron chi connectivity index (χ3n) is 8.43. The van der Waals surface area contributed by atoms with E-state index in [-0.39, 0.29) is 24.6 Å². The molecule has 0 aliphatic carbocycles. The van der Waals surface area contributed by atoms with Crippen molar-refractivity contribution in [3.05, 3.63) is 0 Å². The van der Waals surface area contributed by atoms with Crippen LogP contribution < -0.4 is 0 Å². The molecule has 0 saturated heterocycles. The number of carbonyl (C=O) groups excluding carboxylic acids is 2. The number of aliphatic hydroxyl groups excluding tert-OH is 1. The molecule has 0 aliphatic heterocycles. The van der Waals surface area contributed by atoms with E-state index >= 15 is 0 Å². The first-order chi connectivity index (χ1) is 21.0. The molecule has 0 aromatic heterocycles. The molecule has 0 aromatic carbocycles. The van der Waals surface area contributed by atoms with Crippen molar-refractivity contribution in [2.75, 3.05) is 32.8 Å². The molecule has 43 heavy (non-hydrogen) atoms. The molecule has 0 spiro atoms. The van der Waals surface area contributed by atoms with Crippen molar-refractivity contribution in [1.29, 1.82) is 0 Å². The van der Waals surface area contributed by atoms with Gasteiger partial charge in [-0.1, -0.05) is 123 Å². The van der Waals surface area contributed by atoms with Crippen molar-refractivity contribution < 1.29 is 24.2 Å². The number of carbonyl (C=O) groups is 2. The molecule has 0 rings (SSSR count). The molecular formula is C37H73NO5. The van der Waals surface area contributed by atoms with E-state index in [1.54, 1.807) is 0 Å². The Morgan fingerprint density at radius 1 is 0.558 bits per heavy atom. The fourth-order valence-electron chi connectivity index (χ4n) is 5.62. The summed E-state index contributed by atoms with van der Waals surface area (Å²) in [5, 5.41) is 9.44. The van der Waals surface area contributed by atoms with Crippen LogP contribution in [0.25, 0.3) is 0 Å². The van der Waals surface area contributed by atoms with E-state index in [1.165, 1.54) is 77.0 Å². The molecule has 0 saturated carbocycles. The van der Waals surface area contributed by atoms with Gasteiger partial charge in [-0.2, -0.15) is 0 Å². The number of nitrogens with zero attached hydrogens (tertiary/aromatic N) is 1. The lowest BCUT2D eigenvalue weighted by Crippen LogP contribution is -2.29. The van der Waals surface area contributed by atoms with Crippen LogP contribution in [0.5, 0.6) is 0 Å². The number of hydrogen-bond donors (Lipinski definition) is 1. The summed E-state index contributed by atoms with van der Waals surface area (Å²) in [5.41, 5.74) is 0. The Bertz CT molecular complexity index is 600. The average Bonchev–Trinajstić information content (AvgIpc) is 2.99. The topological polar surface area (TPSA) is 76.1 Å². The molecule has 0 fully saturated rings. The lowest BCUT2D eigenvalue weighted by atomic mass is 10.1. The van der Waals surface area contributed by atoms with Gasteiger partial charge in [-0.3, -0.25) is 9.59 Å². The second kappa shape index (κ2) is 33.7. The minimum Gasteiger partial charge on any atom is -0.466 e. The zero-order chi connectivity index (χ0) is 31.6. The molecule has 0 aromatic rings. The molecule has 1 unspecified atom stereocenters. The molecule has 6 nitrogen and oxygen atoms in total. The smallest absolute Gasteiger partial charge is 0.306 e. The summed E-state index contributed by atoms with van der Waals surface area (Å²) in [7, 11) is 0. The first-order valence-corrected chi connectivity index (χ1v) is 18.7. The Balaban J connectivity index is 3.64. The van der Waals surface area contributed by atoms with E-state index < -0.39 is 0 Å². The van der Waals surface area contributed by atoms with Crippen molar-refractivity contribution in [3.8, 4) is 0 Å². The predicted octanol–water partition coefficient (Wildman–Crippen LogP) is 9.94. The third-order valence-corrected chi connectivity index (χ3v) is 8.43. The Labute approximate surface area is 267 Å². The minimum absolute atomic E-state index is 0.0411. The third kappa shape index (κ3) is 32.1. The minimum atomic E-state index is -0.0530. The molecule has 6 heteroatoms. The van der Waals surface area contributed by atoms with E-state index in [0.717, 1.165) is 90.1 Å². The SMILES string of the molecule is CCCCCCCCCCCOC(=O)CCCCCN(CCO)CCCCCCCC(=O)OC(C)CCCCCCCC. The molecule has 0 radical (unpaired) electrons. The normalized spacial score (nSPS) is 12.1. The van der Waals surface area contributed by atoms with Crippen LogP contribution >= 0.6 is 0 Å². The number of rotatable bonds is 34. The summed E-state index contributed by atoms with van der Waals surface area (Å²) in [5.74, 6) is -0.0950. The van der Waals surface area contributed by atoms with Gasteiger partial charge >= 0.3 is 11.9 Å². The number of hydrogen-bond acceptors (Lipinski definition) is 6. The van der Waals surface area contributed by atoms with Gasteiger partial charge in [0.15, 0.2) is 0 Å². The summed E-state index contributed by atoms with van der Waals surface area (Å²) >= 11 is 0. The molecule has 0 amide bonds. The molecule has 1 N–H and O–H groups in total. The summed E-state index contributed by atoms with van der Waals surface area (Å²) in [6, 6.07) is 0. The maximum Gasteiger partial charge on any atom is 0.306 e. The Morgan fingerprint density at radius 3 is 1.56 bits per heavy atom. The van der Waals surface area contributed by atoms with Crippen LogP contribution in [0.2, 0.25) is 0 Å². The van der Waals surface area contributed by atoms with Crippen LogP contribution in [-0.4, -0.2) is 60.9 Å². The van der Waals surface area contributed by atoms with Gasteiger partial charge in [0.05, 0.1) is 19.3 Å². The maximum absolute atomic E-state index is 12.1. The van der Waals surface area contributed by atoms with Gasteiger partial charge in [0, 0.05) is 19.4 Å². The van der Waals surface area contributed by atoms with Crippen molar-refractivity contribution in [3.63, 3.8) is 0 Å². The molecule has 256 valence electrons. The Morgan fingerprint density at radius 2 is 1.00 bits per heavy atom. The van der Waals surface area contributed by atoms with Gasteiger partial charge in [-0.05, 0) is 65.0 Å². The van der Waals surface area contributed by atoms with E-state index in [9.17, 15) is 14.7 Å². The molecule has 0 aliphatic rings. The van der Waals surface area contributed by atoms with Gasteiger partial charge in [0.1, 0.15) is 0 Å². The van der Waals surface area contributed by atoms with Crippen molar-refractivity contribution in [2.45, 2.75) is 194 Å². The molecule has 1 atom stereocenters. The standard InChI is InChI=1S/C37H73NO5/c1-4-6-8-10-12-13-14-19-26-34-42-36(40)28-23-20-25-31-38(32-33-39)30-24-18-15-17-22-29-37(41)43-35(3)27-21-16-11-9-7-5-2/h35,39H,4-34H2,1-3H3. The van der Waals surface area contributed by atoms with Crippen molar-refractivity contribution in [1.82, 2.24) is 4.90 Å². The fraction of sp³-hybridized carbons (Fsp3) is 0.946. The molecule has 0 heterocycles. The second-order valence-electron chi connectivity index (χ2n) is 12.8. The molecule has 0 bridgehead atoms. The zero-order valence-corrected chi connectivity index (χ0v) is 29.0. The summed E-state index contributed by atoms with van der Waals surface area (Å²) < 4.78 is 11.0. The van der Waals surface area contributed by atoms with Crippen molar-refractivity contribution in [2.24, 2.45) is 0 Å². The van der Waals surface area contributed by atoms with Gasteiger partial charge in [-0.25, -0.2) is 0 Å². The van der Waals surface area contributed by atoms with Gasteiger partial charge in [-0.15, -0.1) is 0 Å². The van der Waals surface area contributed by atoms with Crippen LogP contribution in [0.3, 0.4) is 0 Å². The van der Waals surface area contributed by atoms with Crippen LogP contribution in [0.4, 0.5) is 0 Å². The quantitative estimate of drug-likeness (QED) is 0.0576. The van der Waals surface area contributed by atoms with E-state index in [2.05, 4.69) is 18.7 Å². The van der Waals surface area contributed by atoms with Crippen molar-refractivity contribution >= 4 is 11.9 Å². The average molecular weight is 612 g/mol. The summed E-state index contributed by atoms with van der Waals surface area (Å²) in [6.07, 6.45) is 29.4. The lowest BCUT2D eigenvalue weighted by molar-refractivity contribution is -0.148. The first-order valence-electron chi connectivity index (χ1n) is 18.7. The van der Waals surface area contributed by atoms with Gasteiger partial charge in [0.2, 0.25) is 0 Å². The highest BCUT2D eigenvalue weighted by Gasteiger charge is 2.10. The highest BCUT2D eigenvalue weighted by molar-refractivity contribution is 5.69. The van der Waals surface area contributed by atoms with Crippen LogP contribution in [0, 0.1) is 0 Å².